The van der Waals surface area contributed by atoms with Crippen LogP contribution in [-0.4, -0.2) is 12.1 Å². The topological polar surface area (TPSA) is 34.1 Å². The maximum Gasteiger partial charge on any atom is 0.143 e. The second kappa shape index (κ2) is 4.36. The van der Waals surface area contributed by atoms with E-state index in [9.17, 15) is 9.59 Å². The molecule has 0 aromatic carbocycles. The molecule has 0 heterocycles. The first-order valence-corrected chi connectivity index (χ1v) is 4.92. The van der Waals surface area contributed by atoms with Crippen molar-refractivity contribution in [3.05, 3.63) is 23.8 Å². The molecule has 14 heavy (non-hydrogen) atoms. The predicted octanol–water partition coefficient (Wildman–Crippen LogP) is 2.30. The fraction of sp³-hybridized carbons (Fsp3) is 0.500. The summed E-state index contributed by atoms with van der Waals surface area (Å²) < 4.78 is 0. The first-order valence-electron chi connectivity index (χ1n) is 4.92. The van der Waals surface area contributed by atoms with Crippen molar-refractivity contribution in [2.45, 2.75) is 26.7 Å². The van der Waals surface area contributed by atoms with Crippen molar-refractivity contribution in [2.24, 2.45) is 11.8 Å². The Bertz CT molecular complexity index is 299. The first kappa shape index (κ1) is 10.9. The molecule has 0 aliphatic heterocycles. The van der Waals surface area contributed by atoms with Crippen LogP contribution in [0, 0.1) is 11.8 Å². The maximum absolute atomic E-state index is 11.3. The van der Waals surface area contributed by atoms with E-state index in [0.717, 1.165) is 30.3 Å². The van der Waals surface area contributed by atoms with Gasteiger partial charge in [-0.1, -0.05) is 19.1 Å². The molecule has 0 amide bonds. The molecule has 2 nitrogen and oxygen atoms in total. The molecule has 0 N–H and O–H groups in total. The number of allylic oxidation sites excluding steroid dienone is 3. The maximum atomic E-state index is 11.3. The largest absolute Gasteiger partial charge is 0.300 e. The van der Waals surface area contributed by atoms with Crippen molar-refractivity contribution in [3.63, 3.8) is 0 Å². The lowest BCUT2D eigenvalue weighted by molar-refractivity contribution is -0.122. The standard InChI is InChI=1S/C12H16O2/c1-8-4-5-12(10(3)14)9(2)11(8)6-7-13/h6-7,9,12H,1,4-5H2,2-3H3/b11-6+/t9-,12+/m0/s1. The van der Waals surface area contributed by atoms with E-state index in [1.54, 1.807) is 13.0 Å². The molecule has 1 aliphatic carbocycles. The third-order valence-electron chi connectivity index (χ3n) is 3.03. The lowest BCUT2D eigenvalue weighted by Gasteiger charge is -2.30. The first-order chi connectivity index (χ1) is 6.57. The van der Waals surface area contributed by atoms with Crippen molar-refractivity contribution in [1.29, 1.82) is 0 Å². The number of rotatable bonds is 2. The smallest absolute Gasteiger partial charge is 0.143 e. The molecule has 1 aliphatic rings. The number of aldehydes is 1. The molecule has 1 rings (SSSR count). The number of carbonyl (C=O) groups is 2. The van der Waals surface area contributed by atoms with E-state index in [1.165, 1.54) is 0 Å². The van der Waals surface area contributed by atoms with E-state index in [-0.39, 0.29) is 17.6 Å². The summed E-state index contributed by atoms with van der Waals surface area (Å²) in [6, 6.07) is 0. The molecular formula is C12H16O2. The van der Waals surface area contributed by atoms with E-state index >= 15 is 0 Å². The van der Waals surface area contributed by atoms with Gasteiger partial charge in [-0.3, -0.25) is 9.59 Å². The molecular weight excluding hydrogens is 176 g/mol. The van der Waals surface area contributed by atoms with Gasteiger partial charge in [0.05, 0.1) is 0 Å². The van der Waals surface area contributed by atoms with Gasteiger partial charge in [-0.25, -0.2) is 0 Å². The Morgan fingerprint density at radius 3 is 2.71 bits per heavy atom. The minimum Gasteiger partial charge on any atom is -0.300 e. The molecule has 2 heteroatoms. The van der Waals surface area contributed by atoms with Crippen LogP contribution in [0.25, 0.3) is 0 Å². The number of Topliss-reactive ketones (excluding diaryl/α,β-unsaturated/α-hetero) is 1. The fourth-order valence-electron chi connectivity index (χ4n) is 2.16. The van der Waals surface area contributed by atoms with Crippen molar-refractivity contribution < 1.29 is 9.59 Å². The minimum atomic E-state index is 0.0618. The van der Waals surface area contributed by atoms with Gasteiger partial charge in [0.2, 0.25) is 0 Å². The number of hydrogen-bond donors (Lipinski definition) is 0. The van der Waals surface area contributed by atoms with E-state index in [1.807, 2.05) is 6.92 Å². The average Bonchev–Trinajstić information content (AvgIpc) is 2.11. The Balaban J connectivity index is 2.93. The molecule has 0 radical (unpaired) electrons. The summed E-state index contributed by atoms with van der Waals surface area (Å²) in [5.74, 6) is 0.410. The summed E-state index contributed by atoms with van der Waals surface area (Å²) in [4.78, 5) is 21.8. The second-order valence-electron chi connectivity index (χ2n) is 3.91. The molecule has 0 aromatic rings. The summed E-state index contributed by atoms with van der Waals surface area (Å²) in [5.41, 5.74) is 1.95. The zero-order valence-corrected chi connectivity index (χ0v) is 8.75. The summed E-state index contributed by atoms with van der Waals surface area (Å²) in [5, 5.41) is 0. The van der Waals surface area contributed by atoms with Crippen molar-refractivity contribution in [1.82, 2.24) is 0 Å². The SMILES string of the molecule is C=C1CC[C@@H](C(C)=O)[C@@H](C)/C1=C/C=O. The average molecular weight is 192 g/mol. The highest BCUT2D eigenvalue weighted by molar-refractivity contribution is 5.80. The highest BCUT2D eigenvalue weighted by Crippen LogP contribution is 2.37. The quantitative estimate of drug-likeness (QED) is 0.497. The van der Waals surface area contributed by atoms with Gasteiger partial charge in [0, 0.05) is 5.92 Å². The van der Waals surface area contributed by atoms with Crippen LogP contribution in [0.4, 0.5) is 0 Å². The van der Waals surface area contributed by atoms with Crippen molar-refractivity contribution >= 4 is 12.1 Å². The molecule has 1 fully saturated rings. The van der Waals surface area contributed by atoms with Gasteiger partial charge in [-0.05, 0) is 37.3 Å². The number of hydrogen-bond acceptors (Lipinski definition) is 2. The van der Waals surface area contributed by atoms with Crippen LogP contribution < -0.4 is 0 Å². The van der Waals surface area contributed by atoms with Crippen molar-refractivity contribution in [2.75, 3.05) is 0 Å². The van der Waals surface area contributed by atoms with Gasteiger partial charge in [-0.15, -0.1) is 0 Å². The summed E-state index contributed by atoms with van der Waals surface area (Å²) >= 11 is 0. The van der Waals surface area contributed by atoms with Crippen molar-refractivity contribution in [3.8, 4) is 0 Å². The summed E-state index contributed by atoms with van der Waals surface area (Å²) in [6.07, 6.45) is 4.02. The Hall–Kier alpha value is -1.18. The van der Waals surface area contributed by atoms with Crippen LogP contribution in [0.1, 0.15) is 26.7 Å². The normalized spacial score (nSPS) is 30.4. The van der Waals surface area contributed by atoms with Gasteiger partial charge in [0.25, 0.3) is 0 Å². The molecule has 76 valence electrons. The molecule has 0 aromatic heterocycles. The third kappa shape index (κ3) is 2.00. The van der Waals surface area contributed by atoms with Crippen LogP contribution in [0.2, 0.25) is 0 Å². The number of ketones is 1. The van der Waals surface area contributed by atoms with Gasteiger partial charge in [-0.2, -0.15) is 0 Å². The van der Waals surface area contributed by atoms with Crippen LogP contribution >= 0.6 is 0 Å². The Morgan fingerprint density at radius 2 is 2.21 bits per heavy atom. The highest BCUT2D eigenvalue weighted by atomic mass is 16.1. The fourth-order valence-corrected chi connectivity index (χ4v) is 2.16. The van der Waals surface area contributed by atoms with E-state index in [2.05, 4.69) is 6.58 Å². The second-order valence-corrected chi connectivity index (χ2v) is 3.91. The zero-order chi connectivity index (χ0) is 10.7. The monoisotopic (exact) mass is 192 g/mol. The highest BCUT2D eigenvalue weighted by Gasteiger charge is 2.30. The molecule has 1 saturated carbocycles. The summed E-state index contributed by atoms with van der Waals surface area (Å²) in [7, 11) is 0. The van der Waals surface area contributed by atoms with Crippen LogP contribution in [0.15, 0.2) is 23.8 Å². The van der Waals surface area contributed by atoms with Gasteiger partial charge >= 0.3 is 0 Å². The molecule has 0 bridgehead atoms. The van der Waals surface area contributed by atoms with Gasteiger partial charge < -0.3 is 0 Å². The van der Waals surface area contributed by atoms with E-state index < -0.39 is 0 Å². The van der Waals surface area contributed by atoms with Gasteiger partial charge in [0.1, 0.15) is 12.1 Å². The zero-order valence-electron chi connectivity index (χ0n) is 8.75. The molecule has 2 atom stereocenters. The van der Waals surface area contributed by atoms with Crippen LogP contribution in [0.3, 0.4) is 0 Å². The summed E-state index contributed by atoms with van der Waals surface area (Å²) in [6.45, 7) is 7.53. The lowest BCUT2D eigenvalue weighted by atomic mass is 9.73. The third-order valence-corrected chi connectivity index (χ3v) is 3.03. The van der Waals surface area contributed by atoms with E-state index in [4.69, 9.17) is 0 Å². The molecule has 0 spiro atoms. The molecule has 0 unspecified atom stereocenters. The van der Waals surface area contributed by atoms with E-state index in [0.29, 0.717) is 0 Å². The lowest BCUT2D eigenvalue weighted by Crippen LogP contribution is -2.26. The Kier molecular flexibility index (Phi) is 3.39. The van der Waals surface area contributed by atoms with Crippen LogP contribution in [-0.2, 0) is 9.59 Å². The Morgan fingerprint density at radius 1 is 1.57 bits per heavy atom. The van der Waals surface area contributed by atoms with Gasteiger partial charge in [0.15, 0.2) is 0 Å². The van der Waals surface area contributed by atoms with Crippen LogP contribution in [0.5, 0.6) is 0 Å². The number of carbonyl (C=O) groups excluding carboxylic acids is 2. The Labute approximate surface area is 84.7 Å². The molecule has 0 saturated heterocycles. The minimum absolute atomic E-state index is 0.0618. The predicted molar refractivity (Wildman–Crippen MR) is 55.9 cm³/mol.